The van der Waals surface area contributed by atoms with Gasteiger partial charge in [-0.1, -0.05) is 41.9 Å². The summed E-state index contributed by atoms with van der Waals surface area (Å²) in [5, 5.41) is 7.38. The van der Waals surface area contributed by atoms with Gasteiger partial charge in [0.1, 0.15) is 0 Å². The molecule has 1 saturated carbocycles. The number of carbonyl (C=O) groups excluding carboxylic acids is 2. The molecule has 130 valence electrons. The number of ketones is 1. The van der Waals surface area contributed by atoms with Gasteiger partial charge in [0.05, 0.1) is 13.1 Å². The fourth-order valence-corrected chi connectivity index (χ4v) is 3.49. The Hall–Kier alpha value is -1.49. The standard InChI is InChI=1S/C19H25BrN2O2/c1-14-7-9-19(2,10-8-14)18(24)22(12-11-21)13-17(23)15-3-5-16(20)6-4-15/h3-6,11,14,21H,7-10,12-13H2,1-2H3. The zero-order valence-electron chi connectivity index (χ0n) is 14.3. The van der Waals surface area contributed by atoms with E-state index in [9.17, 15) is 9.59 Å². The van der Waals surface area contributed by atoms with Gasteiger partial charge in [0.15, 0.2) is 5.78 Å². The van der Waals surface area contributed by atoms with E-state index in [1.165, 1.54) is 11.1 Å². The topological polar surface area (TPSA) is 61.2 Å². The predicted octanol–water partition coefficient (Wildman–Crippen LogP) is 4.33. The number of nitrogens with zero attached hydrogens (tertiary/aromatic N) is 1. The van der Waals surface area contributed by atoms with Crippen LogP contribution in [0.1, 0.15) is 49.9 Å². The smallest absolute Gasteiger partial charge is 0.229 e. The molecular weight excluding hydrogens is 368 g/mol. The number of nitrogens with one attached hydrogen (secondary N) is 1. The van der Waals surface area contributed by atoms with Crippen LogP contribution in [0.5, 0.6) is 0 Å². The zero-order chi connectivity index (χ0) is 17.7. The minimum atomic E-state index is -0.407. The van der Waals surface area contributed by atoms with Crippen LogP contribution < -0.4 is 0 Å². The van der Waals surface area contributed by atoms with E-state index in [-0.39, 0.29) is 24.8 Å². The van der Waals surface area contributed by atoms with Gasteiger partial charge in [0.25, 0.3) is 0 Å². The predicted molar refractivity (Wildman–Crippen MR) is 99.6 cm³/mol. The molecule has 0 atom stereocenters. The fourth-order valence-electron chi connectivity index (χ4n) is 3.22. The van der Waals surface area contributed by atoms with Crippen LogP contribution in [0.25, 0.3) is 0 Å². The lowest BCUT2D eigenvalue weighted by molar-refractivity contribution is -0.142. The van der Waals surface area contributed by atoms with E-state index < -0.39 is 5.41 Å². The number of amides is 1. The number of hydrogen-bond donors (Lipinski definition) is 1. The summed E-state index contributed by atoms with van der Waals surface area (Å²) in [5.74, 6) is 0.570. The quantitative estimate of drug-likeness (QED) is 0.578. The second kappa shape index (κ2) is 8.06. The fraction of sp³-hybridized carbons (Fsp3) is 0.526. The Morgan fingerprint density at radius 1 is 1.29 bits per heavy atom. The average molecular weight is 393 g/mol. The molecule has 1 aromatic carbocycles. The van der Waals surface area contributed by atoms with Gasteiger partial charge >= 0.3 is 0 Å². The van der Waals surface area contributed by atoms with Crippen LogP contribution in [0.4, 0.5) is 0 Å². The maximum atomic E-state index is 13.0. The molecule has 1 aliphatic rings. The Kier molecular flexibility index (Phi) is 6.33. The second-order valence-corrected chi connectivity index (χ2v) is 7.98. The first-order valence-corrected chi connectivity index (χ1v) is 9.22. The Bertz CT molecular complexity index is 604. The van der Waals surface area contributed by atoms with Crippen LogP contribution >= 0.6 is 15.9 Å². The van der Waals surface area contributed by atoms with E-state index >= 15 is 0 Å². The van der Waals surface area contributed by atoms with Crippen molar-refractivity contribution in [3.63, 3.8) is 0 Å². The lowest BCUT2D eigenvalue weighted by Crippen LogP contribution is -2.46. The molecule has 1 N–H and O–H groups in total. The number of rotatable bonds is 6. The van der Waals surface area contributed by atoms with E-state index in [0.717, 1.165) is 30.2 Å². The monoisotopic (exact) mass is 392 g/mol. The van der Waals surface area contributed by atoms with Gasteiger partial charge < -0.3 is 10.3 Å². The average Bonchev–Trinajstić information content (AvgIpc) is 2.57. The summed E-state index contributed by atoms with van der Waals surface area (Å²) in [6.07, 6.45) is 4.99. The lowest BCUT2D eigenvalue weighted by Gasteiger charge is -2.38. The highest BCUT2D eigenvalue weighted by Gasteiger charge is 2.39. The van der Waals surface area contributed by atoms with Gasteiger partial charge in [0, 0.05) is 21.7 Å². The Morgan fingerprint density at radius 3 is 2.42 bits per heavy atom. The summed E-state index contributed by atoms with van der Waals surface area (Å²) in [4.78, 5) is 27.0. The minimum Gasteiger partial charge on any atom is -0.329 e. The highest BCUT2D eigenvalue weighted by molar-refractivity contribution is 9.10. The highest BCUT2D eigenvalue weighted by Crippen LogP contribution is 2.39. The molecule has 0 radical (unpaired) electrons. The Labute approximate surface area is 152 Å². The van der Waals surface area contributed by atoms with Crippen molar-refractivity contribution in [2.75, 3.05) is 13.1 Å². The number of Topliss-reactive ketones (excluding diaryl/α,β-unsaturated/α-hetero) is 1. The molecule has 0 aromatic heterocycles. The van der Waals surface area contributed by atoms with Crippen molar-refractivity contribution in [3.05, 3.63) is 34.3 Å². The summed E-state index contributed by atoms with van der Waals surface area (Å²) in [6, 6.07) is 7.15. The molecule has 0 aliphatic heterocycles. The van der Waals surface area contributed by atoms with Crippen molar-refractivity contribution in [2.24, 2.45) is 11.3 Å². The highest BCUT2D eigenvalue weighted by atomic mass is 79.9. The van der Waals surface area contributed by atoms with E-state index in [4.69, 9.17) is 5.41 Å². The van der Waals surface area contributed by atoms with Gasteiger partial charge in [-0.05, 0) is 43.7 Å². The molecule has 2 rings (SSSR count). The third-order valence-electron chi connectivity index (χ3n) is 4.99. The Balaban J connectivity index is 2.10. The third kappa shape index (κ3) is 4.53. The van der Waals surface area contributed by atoms with Gasteiger partial charge in [-0.2, -0.15) is 0 Å². The van der Waals surface area contributed by atoms with Crippen LogP contribution in [-0.2, 0) is 4.79 Å². The van der Waals surface area contributed by atoms with Crippen molar-refractivity contribution in [1.29, 1.82) is 5.41 Å². The van der Waals surface area contributed by atoms with E-state index in [1.54, 1.807) is 12.1 Å². The summed E-state index contributed by atoms with van der Waals surface area (Å²) in [6.45, 7) is 4.44. The maximum absolute atomic E-state index is 13.0. The Morgan fingerprint density at radius 2 is 1.88 bits per heavy atom. The molecule has 0 bridgehead atoms. The first-order chi connectivity index (χ1) is 11.4. The summed E-state index contributed by atoms with van der Waals surface area (Å²) >= 11 is 3.35. The largest absolute Gasteiger partial charge is 0.329 e. The van der Waals surface area contributed by atoms with Gasteiger partial charge in [-0.3, -0.25) is 9.59 Å². The van der Waals surface area contributed by atoms with Gasteiger partial charge in [-0.25, -0.2) is 0 Å². The number of halogens is 1. The van der Waals surface area contributed by atoms with E-state index in [0.29, 0.717) is 11.5 Å². The summed E-state index contributed by atoms with van der Waals surface area (Å²) in [7, 11) is 0. The molecular formula is C19H25BrN2O2. The molecule has 0 spiro atoms. The lowest BCUT2D eigenvalue weighted by atomic mass is 9.71. The minimum absolute atomic E-state index is 0.00311. The van der Waals surface area contributed by atoms with Crippen molar-refractivity contribution < 1.29 is 9.59 Å². The number of hydrogen-bond acceptors (Lipinski definition) is 3. The molecule has 1 aromatic rings. The van der Waals surface area contributed by atoms with Crippen molar-refractivity contribution >= 4 is 33.8 Å². The maximum Gasteiger partial charge on any atom is 0.229 e. The molecule has 1 amide bonds. The molecule has 0 unspecified atom stereocenters. The summed E-state index contributed by atoms with van der Waals surface area (Å²) < 4.78 is 0.912. The molecule has 4 nitrogen and oxygen atoms in total. The van der Waals surface area contributed by atoms with Gasteiger partial charge in [0.2, 0.25) is 5.91 Å². The molecule has 0 heterocycles. The second-order valence-electron chi connectivity index (χ2n) is 7.06. The molecule has 1 fully saturated rings. The molecule has 24 heavy (non-hydrogen) atoms. The molecule has 0 saturated heterocycles. The third-order valence-corrected chi connectivity index (χ3v) is 5.52. The first kappa shape index (κ1) is 18.8. The van der Waals surface area contributed by atoms with E-state index in [2.05, 4.69) is 22.9 Å². The zero-order valence-corrected chi connectivity index (χ0v) is 15.9. The SMILES string of the molecule is CC1CCC(C)(C(=O)N(CC=N)CC(=O)c2ccc(Br)cc2)CC1. The van der Waals surface area contributed by atoms with Crippen LogP contribution in [0, 0.1) is 16.7 Å². The van der Waals surface area contributed by atoms with E-state index in [1.807, 2.05) is 19.1 Å². The van der Waals surface area contributed by atoms with Crippen molar-refractivity contribution in [3.8, 4) is 0 Å². The van der Waals surface area contributed by atoms with Gasteiger partial charge in [-0.15, -0.1) is 0 Å². The van der Waals surface area contributed by atoms with Crippen molar-refractivity contribution in [2.45, 2.75) is 39.5 Å². The van der Waals surface area contributed by atoms with Crippen LogP contribution in [0.2, 0.25) is 0 Å². The summed E-state index contributed by atoms with van der Waals surface area (Å²) in [5.41, 5.74) is 0.179. The van der Waals surface area contributed by atoms with Crippen LogP contribution in [0.15, 0.2) is 28.7 Å². The van der Waals surface area contributed by atoms with Crippen LogP contribution in [0.3, 0.4) is 0 Å². The number of benzene rings is 1. The molecule has 1 aliphatic carbocycles. The number of carbonyl (C=O) groups is 2. The van der Waals surface area contributed by atoms with Crippen LogP contribution in [-0.4, -0.2) is 35.9 Å². The van der Waals surface area contributed by atoms with Crippen molar-refractivity contribution in [1.82, 2.24) is 4.90 Å². The normalized spacial score (nSPS) is 23.5. The first-order valence-electron chi connectivity index (χ1n) is 8.43. The molecule has 5 heteroatoms.